The third-order valence-corrected chi connectivity index (χ3v) is 6.33. The fourth-order valence-electron chi connectivity index (χ4n) is 3.84. The Kier molecular flexibility index (Phi) is 6.51. The molecule has 0 atom stereocenters. The highest BCUT2D eigenvalue weighted by Crippen LogP contribution is 2.27. The molecule has 0 unspecified atom stereocenters. The number of benzene rings is 1. The molecule has 158 valence electrons. The number of hydrogen-bond donors (Lipinski definition) is 0. The molecule has 9 heteroatoms. The molecule has 0 N–H and O–H groups in total. The van der Waals surface area contributed by atoms with Gasteiger partial charge >= 0.3 is 0 Å². The van der Waals surface area contributed by atoms with Crippen molar-refractivity contribution in [2.24, 2.45) is 0 Å². The number of carbonyl (C=O) groups is 2. The van der Waals surface area contributed by atoms with Gasteiger partial charge in [0.1, 0.15) is 18.6 Å². The Labute approximate surface area is 185 Å². The number of nitrogens with zero attached hydrogens (tertiary/aromatic N) is 5. The molecule has 4 rings (SSSR count). The third-order valence-electron chi connectivity index (χ3n) is 5.59. The van der Waals surface area contributed by atoms with E-state index in [0.29, 0.717) is 28.8 Å². The van der Waals surface area contributed by atoms with E-state index in [1.165, 1.54) is 19.2 Å². The Bertz CT molecular complexity index is 949. The third kappa shape index (κ3) is 4.74. The largest absolute Gasteiger partial charge is 0.338 e. The van der Waals surface area contributed by atoms with E-state index >= 15 is 0 Å². The molecule has 7 nitrogen and oxygen atoms in total. The van der Waals surface area contributed by atoms with Crippen LogP contribution in [0.5, 0.6) is 0 Å². The number of piperazine rings is 1. The van der Waals surface area contributed by atoms with Gasteiger partial charge in [-0.15, -0.1) is 0 Å². The van der Waals surface area contributed by atoms with Crippen molar-refractivity contribution in [1.29, 1.82) is 0 Å². The maximum atomic E-state index is 12.9. The molecule has 0 aliphatic carbocycles. The topological polar surface area (TPSA) is 69.6 Å². The average molecular weight is 448 g/mol. The van der Waals surface area contributed by atoms with E-state index in [9.17, 15) is 9.59 Å². The lowest BCUT2D eigenvalue weighted by atomic mass is 10.1. The van der Waals surface area contributed by atoms with Crippen molar-refractivity contribution >= 4 is 35.0 Å². The number of likely N-dealkylation sites (tertiary alicyclic amines) is 1. The fraction of sp³-hybridized carbons (Fsp3) is 0.429. The van der Waals surface area contributed by atoms with Crippen LogP contribution in [0.2, 0.25) is 10.0 Å². The second-order valence-electron chi connectivity index (χ2n) is 7.57. The minimum atomic E-state index is -0.272. The Hall–Kier alpha value is -2.22. The van der Waals surface area contributed by atoms with Crippen LogP contribution < -0.4 is 0 Å². The molecule has 0 bridgehead atoms. The van der Waals surface area contributed by atoms with Crippen LogP contribution in [0.1, 0.15) is 23.3 Å². The van der Waals surface area contributed by atoms with Gasteiger partial charge in [-0.1, -0.05) is 29.3 Å². The normalized spacial score (nSPS) is 17.6. The van der Waals surface area contributed by atoms with E-state index in [0.717, 1.165) is 31.7 Å². The number of halogens is 2. The molecule has 3 heterocycles. The first-order valence-electron chi connectivity index (χ1n) is 10.1. The first-order chi connectivity index (χ1) is 14.5. The van der Waals surface area contributed by atoms with Crippen molar-refractivity contribution in [2.75, 3.05) is 45.8 Å². The molecule has 30 heavy (non-hydrogen) atoms. The van der Waals surface area contributed by atoms with Crippen LogP contribution in [0.4, 0.5) is 0 Å². The fourth-order valence-corrected chi connectivity index (χ4v) is 4.13. The van der Waals surface area contributed by atoms with Crippen molar-refractivity contribution < 1.29 is 9.59 Å². The van der Waals surface area contributed by atoms with Crippen molar-refractivity contribution in [2.45, 2.75) is 12.8 Å². The van der Waals surface area contributed by atoms with Gasteiger partial charge in [-0.3, -0.25) is 9.59 Å². The molecule has 0 spiro atoms. The Morgan fingerprint density at radius 1 is 0.967 bits per heavy atom. The summed E-state index contributed by atoms with van der Waals surface area (Å²) >= 11 is 12.1. The lowest BCUT2D eigenvalue weighted by Gasteiger charge is -2.35. The second kappa shape index (κ2) is 9.29. The monoisotopic (exact) mass is 447 g/mol. The summed E-state index contributed by atoms with van der Waals surface area (Å²) in [5.74, 6) is -0.293. The predicted molar refractivity (Wildman–Crippen MR) is 116 cm³/mol. The summed E-state index contributed by atoms with van der Waals surface area (Å²) in [6.07, 6.45) is 3.82. The zero-order valence-corrected chi connectivity index (χ0v) is 18.1. The van der Waals surface area contributed by atoms with Crippen molar-refractivity contribution in [1.82, 2.24) is 24.7 Å². The lowest BCUT2D eigenvalue weighted by molar-refractivity contribution is -0.135. The molecule has 2 aromatic rings. The minimum Gasteiger partial charge on any atom is -0.338 e. The summed E-state index contributed by atoms with van der Waals surface area (Å²) in [4.78, 5) is 39.6. The van der Waals surface area contributed by atoms with Crippen molar-refractivity contribution in [3.63, 3.8) is 0 Å². The van der Waals surface area contributed by atoms with Crippen LogP contribution >= 0.6 is 23.2 Å². The van der Waals surface area contributed by atoms with Gasteiger partial charge in [-0.25, -0.2) is 9.97 Å². The van der Waals surface area contributed by atoms with Gasteiger partial charge in [-0.2, -0.15) is 0 Å². The average Bonchev–Trinajstić information content (AvgIpc) is 3.28. The van der Waals surface area contributed by atoms with Gasteiger partial charge in [0, 0.05) is 31.7 Å². The summed E-state index contributed by atoms with van der Waals surface area (Å²) in [6.45, 7) is 4.96. The van der Waals surface area contributed by atoms with Gasteiger partial charge in [0.25, 0.3) is 5.91 Å². The Balaban J connectivity index is 1.40. The highest BCUT2D eigenvalue weighted by molar-refractivity contribution is 6.42. The van der Waals surface area contributed by atoms with Gasteiger partial charge in [-0.05, 0) is 44.1 Å². The minimum absolute atomic E-state index is 0.0208. The molecule has 1 aromatic heterocycles. The van der Waals surface area contributed by atoms with E-state index in [4.69, 9.17) is 23.2 Å². The van der Waals surface area contributed by atoms with Gasteiger partial charge in [0.15, 0.2) is 0 Å². The highest BCUT2D eigenvalue weighted by Gasteiger charge is 2.29. The molecule has 2 aliphatic rings. The van der Waals surface area contributed by atoms with Crippen LogP contribution in [0.15, 0.2) is 30.6 Å². The Morgan fingerprint density at radius 3 is 2.50 bits per heavy atom. The summed E-state index contributed by atoms with van der Waals surface area (Å²) in [5, 5.41) is 0.864. The summed E-state index contributed by atoms with van der Waals surface area (Å²) in [7, 11) is 0. The molecular formula is C21H23Cl2N5O2. The second-order valence-corrected chi connectivity index (χ2v) is 8.39. The molecule has 0 radical (unpaired) electrons. The number of amides is 2. The molecular weight excluding hydrogens is 425 g/mol. The van der Waals surface area contributed by atoms with E-state index < -0.39 is 0 Å². The first-order valence-corrected chi connectivity index (χ1v) is 10.8. The SMILES string of the molecule is O=C1CN(C(=O)c2cc(-c3ccc(Cl)c(Cl)c3)ncn2)CCN1CCN1CCCC1. The standard InChI is InChI=1S/C21H23Cl2N5O2/c22-16-4-3-15(11-17(16)23)18-12-19(25-14-24-18)21(30)28-10-9-27(20(29)13-28)8-7-26-5-1-2-6-26/h3-4,11-12,14H,1-2,5-10,13H2. The number of carbonyl (C=O) groups excluding carboxylic acids is 2. The van der Waals surface area contributed by atoms with Gasteiger partial charge < -0.3 is 14.7 Å². The summed E-state index contributed by atoms with van der Waals surface area (Å²) in [6, 6.07) is 6.78. The summed E-state index contributed by atoms with van der Waals surface area (Å²) in [5.41, 5.74) is 1.57. The molecule has 2 saturated heterocycles. The van der Waals surface area contributed by atoms with Gasteiger partial charge in [0.05, 0.1) is 15.7 Å². The summed E-state index contributed by atoms with van der Waals surface area (Å²) < 4.78 is 0. The lowest BCUT2D eigenvalue weighted by Crippen LogP contribution is -2.53. The zero-order chi connectivity index (χ0) is 21.1. The highest BCUT2D eigenvalue weighted by atomic mass is 35.5. The van der Waals surface area contributed by atoms with Crippen molar-refractivity contribution in [3.8, 4) is 11.3 Å². The quantitative estimate of drug-likeness (QED) is 0.704. The van der Waals surface area contributed by atoms with E-state index in [1.807, 2.05) is 4.90 Å². The number of hydrogen-bond acceptors (Lipinski definition) is 5. The molecule has 2 amide bonds. The maximum absolute atomic E-state index is 12.9. The first kappa shape index (κ1) is 21.0. The van der Waals surface area contributed by atoms with Crippen LogP contribution in [0.25, 0.3) is 11.3 Å². The molecule has 0 saturated carbocycles. The van der Waals surface area contributed by atoms with Crippen LogP contribution in [-0.2, 0) is 4.79 Å². The van der Waals surface area contributed by atoms with Crippen LogP contribution in [-0.4, -0.2) is 82.3 Å². The van der Waals surface area contributed by atoms with E-state index in [1.54, 1.807) is 29.2 Å². The van der Waals surface area contributed by atoms with Crippen molar-refractivity contribution in [3.05, 3.63) is 46.3 Å². The predicted octanol–water partition coefficient (Wildman–Crippen LogP) is 2.83. The van der Waals surface area contributed by atoms with E-state index in [2.05, 4.69) is 14.9 Å². The zero-order valence-electron chi connectivity index (χ0n) is 16.6. The number of aromatic nitrogens is 2. The van der Waals surface area contributed by atoms with Gasteiger partial charge in [0.2, 0.25) is 5.91 Å². The van der Waals surface area contributed by atoms with E-state index in [-0.39, 0.29) is 24.1 Å². The number of rotatable bonds is 5. The maximum Gasteiger partial charge on any atom is 0.273 e. The molecule has 2 aliphatic heterocycles. The van der Waals surface area contributed by atoms with Crippen LogP contribution in [0, 0.1) is 0 Å². The molecule has 1 aromatic carbocycles. The Morgan fingerprint density at radius 2 is 1.77 bits per heavy atom. The van der Waals surface area contributed by atoms with Crippen LogP contribution in [0.3, 0.4) is 0 Å². The smallest absolute Gasteiger partial charge is 0.273 e. The molecule has 2 fully saturated rings.